The first-order valence-electron chi connectivity index (χ1n) is 7.16. The van der Waals surface area contributed by atoms with Crippen molar-refractivity contribution in [2.75, 3.05) is 0 Å². The Labute approximate surface area is 137 Å². The van der Waals surface area contributed by atoms with Crippen LogP contribution in [0.5, 0.6) is 0 Å². The lowest BCUT2D eigenvalue weighted by Crippen LogP contribution is -2.41. The predicted molar refractivity (Wildman–Crippen MR) is 84.0 cm³/mol. The van der Waals surface area contributed by atoms with Gasteiger partial charge in [0.25, 0.3) is 0 Å². The van der Waals surface area contributed by atoms with E-state index in [-0.39, 0.29) is 0 Å². The number of alkyl halides is 3. The third-order valence-corrected chi connectivity index (χ3v) is 4.88. The molecule has 3 nitrogen and oxygen atoms in total. The van der Waals surface area contributed by atoms with Crippen molar-refractivity contribution in [3.63, 3.8) is 0 Å². The fourth-order valence-corrected chi connectivity index (χ4v) is 2.73. The molecule has 1 saturated heterocycles. The summed E-state index contributed by atoms with van der Waals surface area (Å²) < 4.78 is 50.3. The molecule has 0 atom stereocenters. The molecule has 0 radical (unpaired) electrons. The van der Waals surface area contributed by atoms with E-state index in [2.05, 4.69) is 4.98 Å². The molecule has 1 aromatic carbocycles. The zero-order chi connectivity index (χ0) is 17.2. The Bertz CT molecular complexity index is 754. The Kier molecular flexibility index (Phi) is 3.56. The highest BCUT2D eigenvalue weighted by Gasteiger charge is 2.52. The molecule has 0 amide bonds. The maximum absolute atomic E-state index is 12.8. The van der Waals surface area contributed by atoms with E-state index in [1.807, 2.05) is 27.7 Å². The van der Waals surface area contributed by atoms with E-state index in [4.69, 9.17) is 20.9 Å². The topological polar surface area (TPSA) is 34.2 Å². The first kappa shape index (κ1) is 16.7. The van der Waals surface area contributed by atoms with E-state index in [1.165, 1.54) is 6.07 Å². The van der Waals surface area contributed by atoms with Crippen LogP contribution in [0.2, 0.25) is 5.02 Å². The minimum absolute atomic E-state index is 0.298. The van der Waals surface area contributed by atoms with Crippen molar-refractivity contribution in [3.8, 4) is 0 Å². The lowest BCUT2D eigenvalue weighted by molar-refractivity contribution is -0.140. The molecule has 0 unspecified atom stereocenters. The molecule has 0 bridgehead atoms. The molecule has 0 aliphatic carbocycles. The second-order valence-electron chi connectivity index (χ2n) is 6.73. The van der Waals surface area contributed by atoms with Crippen LogP contribution < -0.4 is 5.46 Å². The molecule has 1 aromatic heterocycles. The molecule has 1 aliphatic rings. The van der Waals surface area contributed by atoms with E-state index >= 15 is 0 Å². The Hall–Kier alpha value is -1.18. The SMILES string of the molecule is CC1(C)OB(c2cc3cc(C(F)(F)F)[nH]c3cc2Cl)OC1(C)C. The molecule has 23 heavy (non-hydrogen) atoms. The molecule has 1 N–H and O–H groups in total. The lowest BCUT2D eigenvalue weighted by Gasteiger charge is -2.32. The van der Waals surface area contributed by atoms with Crippen LogP contribution in [-0.4, -0.2) is 23.3 Å². The first-order valence-corrected chi connectivity index (χ1v) is 7.53. The van der Waals surface area contributed by atoms with Crippen molar-refractivity contribution in [1.29, 1.82) is 0 Å². The van der Waals surface area contributed by atoms with Gasteiger partial charge in [-0.05, 0) is 45.2 Å². The van der Waals surface area contributed by atoms with Crippen molar-refractivity contribution in [1.82, 2.24) is 4.98 Å². The van der Waals surface area contributed by atoms with E-state index in [9.17, 15) is 13.2 Å². The van der Waals surface area contributed by atoms with Crippen molar-refractivity contribution < 1.29 is 22.5 Å². The summed E-state index contributed by atoms with van der Waals surface area (Å²) in [7, 11) is -0.721. The summed E-state index contributed by atoms with van der Waals surface area (Å²) in [6.45, 7) is 7.60. The molecule has 1 aliphatic heterocycles. The fourth-order valence-electron chi connectivity index (χ4n) is 2.48. The fraction of sp³-hybridized carbons (Fsp3) is 0.467. The third kappa shape index (κ3) is 2.75. The molecule has 2 aromatic rings. The van der Waals surface area contributed by atoms with Crippen LogP contribution in [0, 0.1) is 0 Å². The van der Waals surface area contributed by atoms with Gasteiger partial charge in [0.1, 0.15) is 5.69 Å². The second-order valence-corrected chi connectivity index (χ2v) is 7.14. The normalized spacial score (nSPS) is 20.4. The van der Waals surface area contributed by atoms with Crippen molar-refractivity contribution in [2.24, 2.45) is 0 Å². The number of hydrogen-bond donors (Lipinski definition) is 1. The number of H-pyrrole nitrogens is 1. The van der Waals surface area contributed by atoms with Crippen molar-refractivity contribution >= 4 is 35.1 Å². The van der Waals surface area contributed by atoms with Crippen LogP contribution in [0.3, 0.4) is 0 Å². The number of rotatable bonds is 1. The van der Waals surface area contributed by atoms with Gasteiger partial charge in [-0.2, -0.15) is 13.2 Å². The zero-order valence-electron chi connectivity index (χ0n) is 13.1. The Morgan fingerprint density at radius 3 is 2.13 bits per heavy atom. The molecular formula is C15H16BClF3NO2. The van der Waals surface area contributed by atoms with Gasteiger partial charge in [0.05, 0.1) is 11.2 Å². The summed E-state index contributed by atoms with van der Waals surface area (Å²) in [6.07, 6.45) is -4.43. The maximum Gasteiger partial charge on any atom is 0.496 e. The number of aromatic nitrogens is 1. The molecule has 2 heterocycles. The lowest BCUT2D eigenvalue weighted by atomic mass is 9.78. The van der Waals surface area contributed by atoms with Gasteiger partial charge in [0.2, 0.25) is 0 Å². The maximum atomic E-state index is 12.8. The van der Waals surface area contributed by atoms with Gasteiger partial charge in [-0.3, -0.25) is 0 Å². The Morgan fingerprint density at radius 2 is 1.61 bits per heavy atom. The largest absolute Gasteiger partial charge is 0.496 e. The number of aromatic amines is 1. The van der Waals surface area contributed by atoms with E-state index in [0.29, 0.717) is 21.4 Å². The highest BCUT2D eigenvalue weighted by atomic mass is 35.5. The number of hydrogen-bond acceptors (Lipinski definition) is 2. The number of fused-ring (bicyclic) bond motifs is 1. The van der Waals surface area contributed by atoms with Gasteiger partial charge in [-0.25, -0.2) is 0 Å². The van der Waals surface area contributed by atoms with Crippen molar-refractivity contribution in [3.05, 3.63) is 28.9 Å². The number of benzene rings is 1. The first-order chi connectivity index (χ1) is 10.4. The van der Waals surface area contributed by atoms with E-state index in [0.717, 1.165) is 6.07 Å². The Balaban J connectivity index is 2.04. The number of halogens is 4. The average Bonchev–Trinajstić information content (AvgIpc) is 2.86. The molecule has 0 spiro atoms. The summed E-state index contributed by atoms with van der Waals surface area (Å²) in [5, 5.41) is 0.706. The summed E-state index contributed by atoms with van der Waals surface area (Å²) in [5.74, 6) is 0. The summed E-state index contributed by atoms with van der Waals surface area (Å²) >= 11 is 6.23. The molecule has 8 heteroatoms. The molecule has 0 saturated carbocycles. The third-order valence-electron chi connectivity index (χ3n) is 4.55. The predicted octanol–water partition coefficient (Wildman–Crippen LogP) is 4.14. The Morgan fingerprint density at radius 1 is 1.04 bits per heavy atom. The summed E-state index contributed by atoms with van der Waals surface area (Å²) in [4.78, 5) is 2.34. The minimum atomic E-state index is -4.43. The highest BCUT2D eigenvalue weighted by Crippen LogP contribution is 2.38. The van der Waals surface area contributed by atoms with Gasteiger partial charge < -0.3 is 14.3 Å². The quantitative estimate of drug-likeness (QED) is 0.788. The van der Waals surface area contributed by atoms with Gasteiger partial charge in [0.15, 0.2) is 0 Å². The average molecular weight is 346 g/mol. The van der Waals surface area contributed by atoms with E-state index < -0.39 is 30.2 Å². The highest BCUT2D eigenvalue weighted by molar-refractivity contribution is 6.66. The summed E-state index contributed by atoms with van der Waals surface area (Å²) in [6, 6.07) is 4.10. The smallest absolute Gasteiger partial charge is 0.399 e. The van der Waals surface area contributed by atoms with Crippen LogP contribution in [-0.2, 0) is 15.5 Å². The second kappa shape index (κ2) is 4.91. The van der Waals surface area contributed by atoms with Gasteiger partial charge in [-0.1, -0.05) is 17.7 Å². The zero-order valence-corrected chi connectivity index (χ0v) is 13.9. The van der Waals surface area contributed by atoms with Crippen LogP contribution in [0.4, 0.5) is 13.2 Å². The van der Waals surface area contributed by atoms with Gasteiger partial charge >= 0.3 is 13.3 Å². The monoisotopic (exact) mass is 345 g/mol. The van der Waals surface area contributed by atoms with Gasteiger partial charge in [-0.15, -0.1) is 0 Å². The van der Waals surface area contributed by atoms with Crippen LogP contribution >= 0.6 is 11.6 Å². The number of nitrogens with one attached hydrogen (secondary N) is 1. The van der Waals surface area contributed by atoms with E-state index in [1.54, 1.807) is 6.07 Å². The van der Waals surface area contributed by atoms with Crippen LogP contribution in [0.1, 0.15) is 33.4 Å². The molecule has 124 valence electrons. The van der Waals surface area contributed by atoms with Crippen molar-refractivity contribution in [2.45, 2.75) is 45.1 Å². The van der Waals surface area contributed by atoms with Crippen LogP contribution in [0.25, 0.3) is 10.9 Å². The molecule has 3 rings (SSSR count). The standard InChI is InChI=1S/C15H16BClF3NO2/c1-13(2)14(3,4)23-16(22-13)9-5-8-6-12(15(18,19)20)21-11(8)7-10(9)17/h5-7,21H,1-4H3. The van der Waals surface area contributed by atoms with Crippen LogP contribution in [0.15, 0.2) is 18.2 Å². The minimum Gasteiger partial charge on any atom is -0.399 e. The summed E-state index contributed by atoms with van der Waals surface area (Å²) in [5.41, 5.74) is -1.07. The van der Waals surface area contributed by atoms with Gasteiger partial charge in [0, 0.05) is 16.0 Å². The molecule has 1 fully saturated rings. The molecular weight excluding hydrogens is 329 g/mol.